The van der Waals surface area contributed by atoms with E-state index in [0.29, 0.717) is 11.5 Å². The number of ether oxygens (including phenoxy) is 2. The van der Waals surface area contributed by atoms with Gasteiger partial charge in [0.25, 0.3) is 11.6 Å². The minimum atomic E-state index is -0.590. The summed E-state index contributed by atoms with van der Waals surface area (Å²) in [5.74, 6) is 0.0236. The summed E-state index contributed by atoms with van der Waals surface area (Å²) < 4.78 is 25.4. The van der Waals surface area contributed by atoms with Gasteiger partial charge in [0.1, 0.15) is 23.1 Å². The highest BCUT2D eigenvalue weighted by molar-refractivity contribution is 6.03. The number of hydrogen-bond donors (Lipinski definition) is 1. The third kappa shape index (κ3) is 5.67. The van der Waals surface area contributed by atoms with Crippen molar-refractivity contribution in [1.29, 1.82) is 0 Å². The van der Waals surface area contributed by atoms with Crippen LogP contribution in [0.15, 0.2) is 79.3 Å². The van der Waals surface area contributed by atoms with E-state index >= 15 is 0 Å². The largest absolute Gasteiger partial charge is 0.471 e. The zero-order chi connectivity index (χ0) is 23.2. The Balaban J connectivity index is 1.45. The molecule has 0 fully saturated rings. The number of pyridine rings is 1. The third-order valence-corrected chi connectivity index (χ3v) is 4.28. The molecule has 2 heterocycles. The van der Waals surface area contributed by atoms with Gasteiger partial charge in [-0.25, -0.2) is 9.07 Å². The van der Waals surface area contributed by atoms with Crippen LogP contribution in [0, 0.1) is 15.9 Å². The lowest BCUT2D eigenvalue weighted by Gasteiger charge is -2.09. The van der Waals surface area contributed by atoms with E-state index in [1.165, 1.54) is 65.6 Å². The molecular formula is C22H16FN5O5. The molecular weight excluding hydrogens is 433 g/mol. The molecule has 11 heteroatoms. The summed E-state index contributed by atoms with van der Waals surface area (Å²) in [4.78, 5) is 27.2. The second kappa shape index (κ2) is 9.56. The standard InChI is InChI=1S/C22H16FN5O5/c23-15-3-5-18(6-4-15)32-14-27-9-7-21(26-27)22(29)25-16-10-17(28(30)31)12-20(11-16)33-19-2-1-8-24-13-19/h1-13H,14H2,(H,25,29). The number of halogens is 1. The van der Waals surface area contributed by atoms with Crippen LogP contribution in [0.25, 0.3) is 0 Å². The zero-order valence-electron chi connectivity index (χ0n) is 16.9. The van der Waals surface area contributed by atoms with E-state index in [4.69, 9.17) is 9.47 Å². The number of non-ortho nitro benzene ring substituents is 1. The number of nitrogens with one attached hydrogen (secondary N) is 1. The van der Waals surface area contributed by atoms with Gasteiger partial charge < -0.3 is 14.8 Å². The van der Waals surface area contributed by atoms with E-state index < -0.39 is 10.8 Å². The average molecular weight is 449 g/mol. The van der Waals surface area contributed by atoms with Crippen molar-refractivity contribution >= 4 is 17.3 Å². The summed E-state index contributed by atoms with van der Waals surface area (Å²) in [7, 11) is 0. The number of aromatic nitrogens is 3. The van der Waals surface area contributed by atoms with Crippen LogP contribution < -0.4 is 14.8 Å². The first-order valence-corrected chi connectivity index (χ1v) is 9.57. The van der Waals surface area contributed by atoms with Gasteiger partial charge in [-0.15, -0.1) is 0 Å². The Hall–Kier alpha value is -4.80. The van der Waals surface area contributed by atoms with Crippen molar-refractivity contribution in [2.45, 2.75) is 6.73 Å². The number of nitro groups is 1. The summed E-state index contributed by atoms with van der Waals surface area (Å²) >= 11 is 0. The van der Waals surface area contributed by atoms with Crippen LogP contribution in [0.3, 0.4) is 0 Å². The minimum Gasteiger partial charge on any atom is -0.471 e. The number of anilines is 1. The fourth-order valence-electron chi connectivity index (χ4n) is 2.78. The van der Waals surface area contributed by atoms with Gasteiger partial charge in [0.05, 0.1) is 22.9 Å². The van der Waals surface area contributed by atoms with Gasteiger partial charge in [0, 0.05) is 24.5 Å². The minimum absolute atomic E-state index is 0.00117. The Morgan fingerprint density at radius 2 is 1.91 bits per heavy atom. The van der Waals surface area contributed by atoms with Gasteiger partial charge >= 0.3 is 0 Å². The van der Waals surface area contributed by atoms with Crippen LogP contribution in [-0.2, 0) is 6.73 Å². The molecule has 0 saturated heterocycles. The third-order valence-electron chi connectivity index (χ3n) is 4.28. The van der Waals surface area contributed by atoms with Crippen molar-refractivity contribution < 1.29 is 23.6 Å². The first kappa shape index (κ1) is 21.4. The van der Waals surface area contributed by atoms with Gasteiger partial charge in [-0.05, 0) is 42.5 Å². The summed E-state index contributed by atoms with van der Waals surface area (Å²) in [5, 5.41) is 18.0. The van der Waals surface area contributed by atoms with E-state index in [1.54, 1.807) is 18.3 Å². The smallest absolute Gasteiger partial charge is 0.276 e. The Bertz CT molecular complexity index is 1280. The number of nitrogens with zero attached hydrogens (tertiary/aromatic N) is 4. The SMILES string of the molecule is O=C(Nc1cc(Oc2cccnc2)cc([N+](=O)[O-])c1)c1ccn(COc2ccc(F)cc2)n1. The number of benzene rings is 2. The Labute approximate surface area is 186 Å². The topological polar surface area (TPSA) is 121 Å². The Morgan fingerprint density at radius 3 is 2.64 bits per heavy atom. The van der Waals surface area contributed by atoms with Crippen LogP contribution in [0.5, 0.6) is 17.2 Å². The van der Waals surface area contributed by atoms with Gasteiger partial charge in [0.2, 0.25) is 0 Å². The predicted octanol–water partition coefficient (Wildman–Crippen LogP) is 4.41. The molecule has 166 valence electrons. The summed E-state index contributed by atoms with van der Waals surface area (Å²) in [6.07, 6.45) is 4.55. The van der Waals surface area contributed by atoms with Crippen molar-refractivity contribution in [3.8, 4) is 17.2 Å². The normalized spacial score (nSPS) is 10.5. The molecule has 0 radical (unpaired) electrons. The molecule has 2 aromatic heterocycles. The number of amides is 1. The molecule has 0 bridgehead atoms. The van der Waals surface area contributed by atoms with E-state index in [1.807, 2.05) is 0 Å². The highest BCUT2D eigenvalue weighted by Crippen LogP contribution is 2.29. The number of hydrogen-bond acceptors (Lipinski definition) is 7. The van der Waals surface area contributed by atoms with Crippen LogP contribution in [0.1, 0.15) is 10.5 Å². The zero-order valence-corrected chi connectivity index (χ0v) is 16.9. The van der Waals surface area contributed by atoms with E-state index in [9.17, 15) is 19.3 Å². The number of carbonyl (C=O) groups excluding carboxylic acids is 1. The molecule has 0 saturated carbocycles. The second-order valence-electron chi connectivity index (χ2n) is 6.69. The maximum Gasteiger partial charge on any atom is 0.276 e. The van der Waals surface area contributed by atoms with Crippen molar-refractivity contribution in [2.24, 2.45) is 0 Å². The van der Waals surface area contributed by atoms with Crippen LogP contribution in [-0.4, -0.2) is 25.6 Å². The summed E-state index contributed by atoms with van der Waals surface area (Å²) in [6.45, 7) is -0.00117. The van der Waals surface area contributed by atoms with E-state index in [-0.39, 0.29) is 35.4 Å². The highest BCUT2D eigenvalue weighted by Gasteiger charge is 2.15. The maximum atomic E-state index is 13.0. The maximum absolute atomic E-state index is 13.0. The average Bonchev–Trinajstić information content (AvgIpc) is 3.28. The van der Waals surface area contributed by atoms with Crippen LogP contribution in [0.4, 0.5) is 15.8 Å². The monoisotopic (exact) mass is 449 g/mol. The molecule has 0 aliphatic carbocycles. The fourth-order valence-corrected chi connectivity index (χ4v) is 2.78. The molecule has 10 nitrogen and oxygen atoms in total. The van der Waals surface area contributed by atoms with Gasteiger partial charge in [0.15, 0.2) is 12.4 Å². The van der Waals surface area contributed by atoms with E-state index in [2.05, 4.69) is 15.4 Å². The van der Waals surface area contributed by atoms with Crippen LogP contribution >= 0.6 is 0 Å². The quantitative estimate of drug-likeness (QED) is 0.312. The van der Waals surface area contributed by atoms with Crippen molar-refractivity contribution in [1.82, 2.24) is 14.8 Å². The molecule has 0 aliphatic rings. The first-order valence-electron chi connectivity index (χ1n) is 9.57. The fraction of sp³-hybridized carbons (Fsp3) is 0.0455. The molecule has 0 atom stereocenters. The second-order valence-corrected chi connectivity index (χ2v) is 6.69. The van der Waals surface area contributed by atoms with E-state index in [0.717, 1.165) is 0 Å². The number of carbonyl (C=O) groups is 1. The lowest BCUT2D eigenvalue weighted by atomic mass is 10.2. The molecule has 2 aromatic carbocycles. The van der Waals surface area contributed by atoms with Crippen molar-refractivity contribution in [3.05, 3.63) is 101 Å². The molecule has 1 amide bonds. The lowest BCUT2D eigenvalue weighted by molar-refractivity contribution is -0.384. The van der Waals surface area contributed by atoms with Crippen molar-refractivity contribution in [3.63, 3.8) is 0 Å². The van der Waals surface area contributed by atoms with Gasteiger partial charge in [-0.3, -0.25) is 19.9 Å². The summed E-state index contributed by atoms with van der Waals surface area (Å²) in [5.41, 5.74) is -0.0333. The highest BCUT2D eigenvalue weighted by atomic mass is 19.1. The molecule has 0 unspecified atom stereocenters. The summed E-state index contributed by atoms with van der Waals surface area (Å²) in [6, 6.07) is 14.1. The first-order chi connectivity index (χ1) is 16.0. The van der Waals surface area contributed by atoms with Gasteiger partial charge in [-0.2, -0.15) is 5.10 Å². The molecule has 0 aliphatic heterocycles. The molecule has 4 rings (SSSR count). The van der Waals surface area contributed by atoms with Crippen molar-refractivity contribution in [2.75, 3.05) is 5.32 Å². The number of nitro benzene ring substituents is 1. The Kier molecular flexibility index (Phi) is 6.21. The molecule has 0 spiro atoms. The van der Waals surface area contributed by atoms with Crippen LogP contribution in [0.2, 0.25) is 0 Å². The number of rotatable bonds is 8. The molecule has 33 heavy (non-hydrogen) atoms. The molecule has 1 N–H and O–H groups in total. The molecule has 4 aromatic rings. The van der Waals surface area contributed by atoms with Gasteiger partial charge in [-0.1, -0.05) is 0 Å². The lowest BCUT2D eigenvalue weighted by Crippen LogP contribution is -2.14. The Morgan fingerprint density at radius 1 is 1.09 bits per heavy atom. The predicted molar refractivity (Wildman–Crippen MR) is 115 cm³/mol.